The molecule has 188 valence electrons. The maximum absolute atomic E-state index is 13.0. The number of carbonyl (C=O) groups excluding carboxylic acids is 1. The van der Waals surface area contributed by atoms with Gasteiger partial charge in [-0.15, -0.1) is 0 Å². The van der Waals surface area contributed by atoms with Gasteiger partial charge in [0, 0.05) is 56.5 Å². The molecule has 0 unspecified atom stereocenters. The van der Waals surface area contributed by atoms with E-state index in [1.807, 2.05) is 41.2 Å². The van der Waals surface area contributed by atoms with Crippen LogP contribution in [-0.2, 0) is 24.3 Å². The van der Waals surface area contributed by atoms with Gasteiger partial charge in [-0.2, -0.15) is 18.3 Å². The van der Waals surface area contributed by atoms with Crippen molar-refractivity contribution in [2.75, 3.05) is 13.6 Å². The Hall–Kier alpha value is -3.67. The molecule has 3 heterocycles. The second-order valence-corrected chi connectivity index (χ2v) is 8.34. The summed E-state index contributed by atoms with van der Waals surface area (Å²) in [4.78, 5) is 25.9. The van der Waals surface area contributed by atoms with E-state index in [1.54, 1.807) is 18.1 Å². The number of alkyl halides is 3. The molecule has 0 saturated carbocycles. The number of nitrogens with zero attached hydrogens (tertiary/aromatic N) is 5. The minimum Gasteiger partial charge on any atom is -0.475 e. The van der Waals surface area contributed by atoms with Crippen molar-refractivity contribution in [3.63, 3.8) is 0 Å². The third-order valence-electron chi connectivity index (χ3n) is 5.46. The molecule has 0 aliphatic carbocycles. The maximum Gasteiger partial charge on any atom is 0.490 e. The third-order valence-corrected chi connectivity index (χ3v) is 5.46. The van der Waals surface area contributed by atoms with Gasteiger partial charge in [0.05, 0.1) is 11.9 Å². The molecular weight excluding hydrogens is 467 g/mol. The fourth-order valence-corrected chi connectivity index (χ4v) is 3.53. The zero-order chi connectivity index (χ0) is 25.8. The minimum atomic E-state index is -5.08. The molecule has 0 spiro atoms. The van der Waals surface area contributed by atoms with Gasteiger partial charge in [0.25, 0.3) is 5.91 Å². The Morgan fingerprint density at radius 1 is 1.23 bits per heavy atom. The van der Waals surface area contributed by atoms with E-state index in [0.717, 1.165) is 35.5 Å². The summed E-state index contributed by atoms with van der Waals surface area (Å²) in [6, 6.07) is 10.3. The lowest BCUT2D eigenvalue weighted by molar-refractivity contribution is -0.192. The Bertz CT molecular complexity index is 1160. The number of hydrogen-bond donors (Lipinski definition) is 1. The number of benzene rings is 1. The van der Waals surface area contributed by atoms with Crippen molar-refractivity contribution in [2.24, 2.45) is 0 Å². The van der Waals surface area contributed by atoms with Crippen LogP contribution in [0, 0.1) is 0 Å². The molecule has 1 aliphatic heterocycles. The van der Waals surface area contributed by atoms with E-state index in [0.29, 0.717) is 24.8 Å². The Morgan fingerprint density at radius 2 is 1.89 bits per heavy atom. The van der Waals surface area contributed by atoms with E-state index in [2.05, 4.69) is 29.0 Å². The topological polar surface area (TPSA) is 105 Å². The maximum atomic E-state index is 13.0. The first-order valence-electron chi connectivity index (χ1n) is 10.8. The SMILES string of the molecule is CC(C)N1CCc2onc(C(=O)N(C)Cc3cnn(-c4ccccc4)c3)c2C1.O=C(O)C(F)(F)F. The minimum absolute atomic E-state index is 0.122. The van der Waals surface area contributed by atoms with Crippen molar-refractivity contribution in [3.8, 4) is 5.69 Å². The normalized spacial score (nSPS) is 13.7. The molecule has 1 aliphatic rings. The van der Waals surface area contributed by atoms with Gasteiger partial charge in [0.2, 0.25) is 0 Å². The van der Waals surface area contributed by atoms with Crippen LogP contribution in [0.25, 0.3) is 5.69 Å². The van der Waals surface area contributed by atoms with E-state index in [1.165, 1.54) is 0 Å². The van der Waals surface area contributed by atoms with E-state index in [4.69, 9.17) is 14.4 Å². The predicted molar refractivity (Wildman–Crippen MR) is 119 cm³/mol. The van der Waals surface area contributed by atoms with Gasteiger partial charge < -0.3 is 14.5 Å². The summed E-state index contributed by atoms with van der Waals surface area (Å²) in [5.41, 5.74) is 3.30. The van der Waals surface area contributed by atoms with Gasteiger partial charge in [-0.3, -0.25) is 9.69 Å². The van der Waals surface area contributed by atoms with Crippen LogP contribution in [0.1, 0.15) is 41.2 Å². The summed E-state index contributed by atoms with van der Waals surface area (Å²) in [6.07, 6.45) is -0.561. The first-order chi connectivity index (χ1) is 16.5. The molecule has 0 fully saturated rings. The molecule has 0 radical (unpaired) electrons. The monoisotopic (exact) mass is 493 g/mol. The van der Waals surface area contributed by atoms with Crippen LogP contribution >= 0.6 is 0 Å². The van der Waals surface area contributed by atoms with Crippen LogP contribution in [0.2, 0.25) is 0 Å². The number of carboxylic acids is 1. The molecule has 9 nitrogen and oxygen atoms in total. The van der Waals surface area contributed by atoms with Crippen LogP contribution in [0.3, 0.4) is 0 Å². The molecule has 1 aromatic carbocycles. The Kier molecular flexibility index (Phi) is 7.95. The number of amides is 1. The van der Waals surface area contributed by atoms with Crippen LogP contribution in [0.15, 0.2) is 47.2 Å². The standard InChI is InChI=1S/C21H25N5O2.C2HF3O2/c1-15(2)25-10-9-19-18(14-25)20(23-28-19)21(27)24(3)12-16-11-22-26(13-16)17-7-5-4-6-8-17;3-2(4,5)1(6)7/h4-8,11,13,15H,9-10,12,14H2,1-3H3;(H,6,7). The molecule has 2 aromatic heterocycles. The van der Waals surface area contributed by atoms with Crippen LogP contribution in [-0.4, -0.2) is 67.5 Å². The summed E-state index contributed by atoms with van der Waals surface area (Å²) in [5, 5.41) is 15.6. The van der Waals surface area contributed by atoms with Crippen molar-refractivity contribution in [1.82, 2.24) is 24.7 Å². The average Bonchev–Trinajstić information content (AvgIpc) is 3.45. The smallest absolute Gasteiger partial charge is 0.475 e. The second kappa shape index (κ2) is 10.7. The van der Waals surface area contributed by atoms with Crippen molar-refractivity contribution >= 4 is 11.9 Å². The molecule has 0 saturated heterocycles. The van der Waals surface area contributed by atoms with Crippen molar-refractivity contribution in [3.05, 3.63) is 65.3 Å². The van der Waals surface area contributed by atoms with E-state index in [-0.39, 0.29) is 5.91 Å². The van der Waals surface area contributed by atoms with Gasteiger partial charge in [-0.05, 0) is 26.0 Å². The Labute approximate surface area is 199 Å². The van der Waals surface area contributed by atoms with Gasteiger partial charge in [-0.1, -0.05) is 23.4 Å². The summed E-state index contributed by atoms with van der Waals surface area (Å²) in [6.45, 7) is 6.42. The summed E-state index contributed by atoms with van der Waals surface area (Å²) in [7, 11) is 1.78. The molecule has 3 aromatic rings. The predicted octanol–water partition coefficient (Wildman–Crippen LogP) is 3.53. The summed E-state index contributed by atoms with van der Waals surface area (Å²) < 4.78 is 39.0. The number of halogens is 3. The van der Waals surface area contributed by atoms with Gasteiger partial charge in [0.1, 0.15) is 5.76 Å². The third kappa shape index (κ3) is 6.47. The number of para-hydroxylation sites is 1. The highest BCUT2D eigenvalue weighted by atomic mass is 19.4. The first-order valence-corrected chi connectivity index (χ1v) is 10.8. The summed E-state index contributed by atoms with van der Waals surface area (Å²) >= 11 is 0. The van der Waals surface area contributed by atoms with Crippen molar-refractivity contribution < 1.29 is 32.4 Å². The molecule has 0 atom stereocenters. The molecular formula is C23H26F3N5O4. The number of rotatable bonds is 5. The molecule has 1 N–H and O–H groups in total. The van der Waals surface area contributed by atoms with Crippen molar-refractivity contribution in [2.45, 2.75) is 45.6 Å². The van der Waals surface area contributed by atoms with Crippen LogP contribution in [0.5, 0.6) is 0 Å². The lowest BCUT2D eigenvalue weighted by Gasteiger charge is -2.29. The molecule has 35 heavy (non-hydrogen) atoms. The quantitative estimate of drug-likeness (QED) is 0.580. The lowest BCUT2D eigenvalue weighted by Crippen LogP contribution is -2.36. The Morgan fingerprint density at radius 3 is 2.49 bits per heavy atom. The number of aromatic nitrogens is 3. The highest BCUT2D eigenvalue weighted by Crippen LogP contribution is 2.25. The number of fused-ring (bicyclic) bond motifs is 1. The molecule has 1 amide bonds. The number of hydrogen-bond acceptors (Lipinski definition) is 6. The molecule has 4 rings (SSSR count). The number of carboxylic acid groups (broad SMARTS) is 1. The number of aliphatic carboxylic acids is 1. The van der Waals surface area contributed by atoms with Crippen molar-refractivity contribution in [1.29, 1.82) is 0 Å². The zero-order valence-corrected chi connectivity index (χ0v) is 19.5. The van der Waals surface area contributed by atoms with E-state index in [9.17, 15) is 18.0 Å². The van der Waals surface area contributed by atoms with Gasteiger partial charge in [0.15, 0.2) is 5.69 Å². The van der Waals surface area contributed by atoms with Crippen LogP contribution in [0.4, 0.5) is 13.2 Å². The number of carbonyl (C=O) groups is 2. The fourth-order valence-electron chi connectivity index (χ4n) is 3.53. The highest BCUT2D eigenvalue weighted by Gasteiger charge is 2.38. The molecule has 12 heteroatoms. The Balaban J connectivity index is 0.000000429. The average molecular weight is 493 g/mol. The fraction of sp³-hybridized carbons (Fsp3) is 0.391. The van der Waals surface area contributed by atoms with Crippen LogP contribution < -0.4 is 0 Å². The van der Waals surface area contributed by atoms with Gasteiger partial charge >= 0.3 is 12.1 Å². The first kappa shape index (κ1) is 25.9. The van der Waals surface area contributed by atoms with Gasteiger partial charge in [-0.25, -0.2) is 9.48 Å². The van der Waals surface area contributed by atoms with E-state index >= 15 is 0 Å². The second-order valence-electron chi connectivity index (χ2n) is 8.34. The highest BCUT2D eigenvalue weighted by molar-refractivity contribution is 5.93. The largest absolute Gasteiger partial charge is 0.490 e. The van der Waals surface area contributed by atoms with E-state index < -0.39 is 12.1 Å². The summed E-state index contributed by atoms with van der Waals surface area (Å²) in [5.74, 6) is -2.04. The lowest BCUT2D eigenvalue weighted by atomic mass is 10.0. The zero-order valence-electron chi connectivity index (χ0n) is 19.5. The molecule has 0 bridgehead atoms.